The van der Waals surface area contributed by atoms with Gasteiger partial charge in [-0.1, -0.05) is 37.3 Å². The quantitative estimate of drug-likeness (QED) is 0.688. The maximum Gasteiger partial charge on any atom is 0.302 e. The molecule has 0 saturated heterocycles. The van der Waals surface area contributed by atoms with Crippen molar-refractivity contribution < 1.29 is 9.53 Å². The van der Waals surface area contributed by atoms with Gasteiger partial charge in [-0.25, -0.2) is 0 Å². The summed E-state index contributed by atoms with van der Waals surface area (Å²) in [5.74, 6) is 0.0142. The Labute approximate surface area is 84.9 Å². The molecule has 0 radical (unpaired) electrons. The van der Waals surface area contributed by atoms with E-state index in [9.17, 15) is 4.79 Å². The molecule has 0 aliphatic carbocycles. The molecule has 2 nitrogen and oxygen atoms in total. The van der Waals surface area contributed by atoms with Crippen LogP contribution < -0.4 is 0 Å². The van der Waals surface area contributed by atoms with Crippen LogP contribution >= 0.6 is 0 Å². The molecule has 14 heavy (non-hydrogen) atoms. The fourth-order valence-electron chi connectivity index (χ4n) is 1.39. The van der Waals surface area contributed by atoms with Crippen LogP contribution in [-0.4, -0.2) is 12.1 Å². The maximum absolute atomic E-state index is 10.8. The Hall–Kier alpha value is -1.31. The van der Waals surface area contributed by atoms with Crippen molar-refractivity contribution >= 4 is 5.97 Å². The molecule has 0 spiro atoms. The zero-order chi connectivity index (χ0) is 10.6. The van der Waals surface area contributed by atoms with Crippen LogP contribution in [0, 0.1) is 0 Å². The second-order valence-corrected chi connectivity index (χ2v) is 3.51. The summed E-state index contributed by atoms with van der Waals surface area (Å²) in [6, 6.07) is 10.1. The summed E-state index contributed by atoms with van der Waals surface area (Å²) in [7, 11) is 0. The lowest BCUT2D eigenvalue weighted by molar-refractivity contribution is -0.146. The zero-order valence-electron chi connectivity index (χ0n) is 8.86. The van der Waals surface area contributed by atoms with E-state index in [4.69, 9.17) is 4.74 Å². The molecule has 2 heteroatoms. The molecule has 1 aromatic rings. The van der Waals surface area contributed by atoms with Gasteiger partial charge < -0.3 is 4.74 Å². The number of ether oxygens (including phenoxy) is 1. The summed E-state index contributed by atoms with van der Waals surface area (Å²) in [4.78, 5) is 10.8. The van der Waals surface area contributed by atoms with Gasteiger partial charge >= 0.3 is 5.97 Å². The summed E-state index contributed by atoms with van der Waals surface area (Å²) >= 11 is 0. The van der Waals surface area contributed by atoms with E-state index in [1.165, 1.54) is 12.5 Å². The first kappa shape index (κ1) is 10.8. The molecule has 0 aliphatic heterocycles. The predicted molar refractivity (Wildman–Crippen MR) is 56.1 cm³/mol. The van der Waals surface area contributed by atoms with Gasteiger partial charge in [0.25, 0.3) is 0 Å². The van der Waals surface area contributed by atoms with E-state index < -0.39 is 0 Å². The van der Waals surface area contributed by atoms with Crippen LogP contribution in [0.3, 0.4) is 0 Å². The van der Waals surface area contributed by atoms with Gasteiger partial charge in [0.1, 0.15) is 6.10 Å². The Bertz CT molecular complexity index is 292. The normalized spacial score (nSPS) is 14.5. The van der Waals surface area contributed by atoms with Crippen LogP contribution in [-0.2, 0) is 9.53 Å². The Morgan fingerprint density at radius 2 is 1.79 bits per heavy atom. The molecule has 0 unspecified atom stereocenters. The Morgan fingerprint density at radius 1 is 1.21 bits per heavy atom. The SMILES string of the molecule is CC(=O)O[C@H](C)[C@@H](C)c1ccccc1. The summed E-state index contributed by atoms with van der Waals surface area (Å²) < 4.78 is 5.13. The topological polar surface area (TPSA) is 26.3 Å². The minimum atomic E-state index is -0.222. The summed E-state index contributed by atoms with van der Waals surface area (Å²) in [5.41, 5.74) is 1.20. The minimum absolute atomic E-state index is 0.0742. The number of carbonyl (C=O) groups is 1. The van der Waals surface area contributed by atoms with Crippen LogP contribution in [0.1, 0.15) is 32.3 Å². The number of esters is 1. The van der Waals surface area contributed by atoms with E-state index in [-0.39, 0.29) is 18.0 Å². The molecule has 0 heterocycles. The molecule has 76 valence electrons. The minimum Gasteiger partial charge on any atom is -0.462 e. The van der Waals surface area contributed by atoms with E-state index in [0.29, 0.717) is 0 Å². The first-order valence-corrected chi connectivity index (χ1v) is 4.83. The number of hydrogen-bond acceptors (Lipinski definition) is 2. The van der Waals surface area contributed by atoms with Gasteiger partial charge in [0.05, 0.1) is 0 Å². The highest BCUT2D eigenvalue weighted by molar-refractivity contribution is 5.66. The molecule has 2 atom stereocenters. The van der Waals surface area contributed by atoms with Gasteiger partial charge in [-0.3, -0.25) is 4.79 Å². The Kier molecular flexibility index (Phi) is 3.69. The first-order valence-electron chi connectivity index (χ1n) is 4.83. The van der Waals surface area contributed by atoms with E-state index in [1.54, 1.807) is 0 Å². The molecule has 0 N–H and O–H groups in total. The van der Waals surface area contributed by atoms with Gasteiger partial charge in [-0.2, -0.15) is 0 Å². The smallest absolute Gasteiger partial charge is 0.302 e. The van der Waals surface area contributed by atoms with Crippen molar-refractivity contribution in [2.45, 2.75) is 32.8 Å². The predicted octanol–water partition coefficient (Wildman–Crippen LogP) is 2.74. The van der Waals surface area contributed by atoms with Crippen LogP contribution in [0.2, 0.25) is 0 Å². The molecule has 0 aliphatic rings. The number of hydrogen-bond donors (Lipinski definition) is 0. The van der Waals surface area contributed by atoms with Crippen LogP contribution in [0.15, 0.2) is 30.3 Å². The molecule has 0 aromatic heterocycles. The lowest BCUT2D eigenvalue weighted by atomic mass is 9.96. The van der Waals surface area contributed by atoms with Crippen LogP contribution in [0.25, 0.3) is 0 Å². The molecular formula is C12H16O2. The standard InChI is InChI=1S/C12H16O2/c1-9(10(2)14-11(3)13)12-7-5-4-6-8-12/h4-10H,1-3H3/t9-,10-/m1/s1. The maximum atomic E-state index is 10.8. The third-order valence-corrected chi connectivity index (χ3v) is 2.38. The van der Waals surface area contributed by atoms with Crippen molar-refractivity contribution in [1.29, 1.82) is 0 Å². The number of benzene rings is 1. The van der Waals surface area contributed by atoms with Crippen molar-refractivity contribution in [3.05, 3.63) is 35.9 Å². The summed E-state index contributed by atoms with van der Waals surface area (Å²) in [6.07, 6.45) is -0.0742. The van der Waals surface area contributed by atoms with E-state index in [0.717, 1.165) is 0 Å². The van der Waals surface area contributed by atoms with Crippen molar-refractivity contribution in [2.24, 2.45) is 0 Å². The van der Waals surface area contributed by atoms with E-state index >= 15 is 0 Å². The molecule has 1 aromatic carbocycles. The highest BCUT2D eigenvalue weighted by Crippen LogP contribution is 2.20. The lowest BCUT2D eigenvalue weighted by Gasteiger charge is -2.19. The largest absolute Gasteiger partial charge is 0.462 e. The Balaban J connectivity index is 2.65. The molecular weight excluding hydrogens is 176 g/mol. The third kappa shape index (κ3) is 2.87. The zero-order valence-corrected chi connectivity index (χ0v) is 8.86. The average molecular weight is 192 g/mol. The molecule has 1 rings (SSSR count). The fourth-order valence-corrected chi connectivity index (χ4v) is 1.39. The van der Waals surface area contributed by atoms with Crippen molar-refractivity contribution in [2.75, 3.05) is 0 Å². The summed E-state index contributed by atoms with van der Waals surface area (Å²) in [6.45, 7) is 5.41. The number of rotatable bonds is 3. The molecule has 0 fully saturated rings. The van der Waals surface area contributed by atoms with Gasteiger partial charge in [0.2, 0.25) is 0 Å². The molecule has 0 bridgehead atoms. The van der Waals surface area contributed by atoms with Crippen LogP contribution in [0.4, 0.5) is 0 Å². The highest BCUT2D eigenvalue weighted by atomic mass is 16.5. The van der Waals surface area contributed by atoms with Crippen molar-refractivity contribution in [3.63, 3.8) is 0 Å². The molecule has 0 saturated carbocycles. The van der Waals surface area contributed by atoms with Gasteiger partial charge in [0, 0.05) is 12.8 Å². The van der Waals surface area contributed by atoms with Crippen molar-refractivity contribution in [1.82, 2.24) is 0 Å². The molecule has 0 amide bonds. The van der Waals surface area contributed by atoms with Crippen molar-refractivity contribution in [3.8, 4) is 0 Å². The Morgan fingerprint density at radius 3 is 2.29 bits per heavy atom. The highest BCUT2D eigenvalue weighted by Gasteiger charge is 2.16. The first-order chi connectivity index (χ1) is 6.61. The second-order valence-electron chi connectivity index (χ2n) is 3.51. The number of carbonyl (C=O) groups excluding carboxylic acids is 1. The monoisotopic (exact) mass is 192 g/mol. The fraction of sp³-hybridized carbons (Fsp3) is 0.417. The summed E-state index contributed by atoms with van der Waals surface area (Å²) in [5, 5.41) is 0. The van der Waals surface area contributed by atoms with Gasteiger partial charge in [-0.05, 0) is 12.5 Å². The van der Waals surface area contributed by atoms with Gasteiger partial charge in [0.15, 0.2) is 0 Å². The van der Waals surface area contributed by atoms with Gasteiger partial charge in [-0.15, -0.1) is 0 Å². The average Bonchev–Trinajstić information content (AvgIpc) is 2.17. The lowest BCUT2D eigenvalue weighted by Crippen LogP contribution is -2.19. The van der Waals surface area contributed by atoms with E-state index in [2.05, 4.69) is 6.92 Å². The second kappa shape index (κ2) is 4.80. The van der Waals surface area contributed by atoms with E-state index in [1.807, 2.05) is 37.3 Å². The third-order valence-electron chi connectivity index (χ3n) is 2.38. The van der Waals surface area contributed by atoms with Crippen LogP contribution in [0.5, 0.6) is 0 Å².